The lowest BCUT2D eigenvalue weighted by Crippen LogP contribution is -2.42. The summed E-state index contributed by atoms with van der Waals surface area (Å²) in [6.45, 7) is 6.24. The van der Waals surface area contributed by atoms with Crippen molar-refractivity contribution in [2.75, 3.05) is 6.61 Å². The van der Waals surface area contributed by atoms with E-state index in [0.717, 1.165) is 28.9 Å². The van der Waals surface area contributed by atoms with Gasteiger partial charge in [0.25, 0.3) is 5.91 Å². The van der Waals surface area contributed by atoms with Crippen LogP contribution in [0.1, 0.15) is 40.4 Å². The average molecular weight is 340 g/mol. The molecule has 132 valence electrons. The molecular formula is C20H24N2O3. The maximum Gasteiger partial charge on any atom is 0.269 e. The Balaban J connectivity index is 1.74. The van der Waals surface area contributed by atoms with Crippen LogP contribution in [0.4, 0.5) is 0 Å². The van der Waals surface area contributed by atoms with Crippen LogP contribution in [0, 0.1) is 13.8 Å². The van der Waals surface area contributed by atoms with Crippen molar-refractivity contribution in [2.45, 2.75) is 33.6 Å². The van der Waals surface area contributed by atoms with Crippen LogP contribution in [0.25, 0.3) is 0 Å². The van der Waals surface area contributed by atoms with E-state index in [4.69, 9.17) is 4.74 Å². The van der Waals surface area contributed by atoms with E-state index in [1.54, 1.807) is 12.1 Å². The maximum atomic E-state index is 12.0. The number of hydrazine groups is 1. The molecule has 25 heavy (non-hydrogen) atoms. The molecule has 0 bridgehead atoms. The van der Waals surface area contributed by atoms with Crippen LogP contribution in [0.2, 0.25) is 0 Å². The molecule has 0 spiro atoms. The monoisotopic (exact) mass is 340 g/mol. The van der Waals surface area contributed by atoms with Crippen molar-refractivity contribution in [1.82, 2.24) is 10.9 Å². The highest BCUT2D eigenvalue weighted by atomic mass is 16.5. The summed E-state index contributed by atoms with van der Waals surface area (Å²) in [6.07, 6.45) is 1.07. The van der Waals surface area contributed by atoms with Gasteiger partial charge in [0.1, 0.15) is 5.75 Å². The highest BCUT2D eigenvalue weighted by molar-refractivity contribution is 5.95. The summed E-state index contributed by atoms with van der Waals surface area (Å²) in [5.41, 5.74) is 8.60. The Morgan fingerprint density at radius 1 is 1.00 bits per heavy atom. The van der Waals surface area contributed by atoms with Gasteiger partial charge >= 0.3 is 0 Å². The molecule has 0 aliphatic carbocycles. The molecule has 0 unspecified atom stereocenters. The minimum absolute atomic E-state index is 0.155. The van der Waals surface area contributed by atoms with Crippen molar-refractivity contribution in [3.63, 3.8) is 0 Å². The van der Waals surface area contributed by atoms with E-state index in [1.165, 1.54) is 0 Å². The number of carbonyl (C=O) groups is 2. The van der Waals surface area contributed by atoms with Crippen LogP contribution in [0.15, 0.2) is 42.5 Å². The molecule has 0 saturated heterocycles. The average Bonchev–Trinajstić information content (AvgIpc) is 2.62. The lowest BCUT2D eigenvalue weighted by atomic mass is 10.1. The zero-order chi connectivity index (χ0) is 18.2. The molecule has 2 N–H and O–H groups in total. The summed E-state index contributed by atoms with van der Waals surface area (Å²) in [7, 11) is 0. The maximum absolute atomic E-state index is 12.0. The third-order valence-electron chi connectivity index (χ3n) is 3.87. The van der Waals surface area contributed by atoms with Gasteiger partial charge in [-0.1, -0.05) is 31.2 Å². The van der Waals surface area contributed by atoms with Gasteiger partial charge in [0.2, 0.25) is 5.91 Å². The molecule has 0 saturated carbocycles. The Kier molecular flexibility index (Phi) is 6.57. The fourth-order valence-corrected chi connectivity index (χ4v) is 2.27. The van der Waals surface area contributed by atoms with E-state index in [1.807, 2.05) is 44.2 Å². The molecule has 0 radical (unpaired) electrons. The second kappa shape index (κ2) is 8.87. The number of hydrogen-bond acceptors (Lipinski definition) is 3. The number of carbonyl (C=O) groups excluding carboxylic acids is 2. The fourth-order valence-electron chi connectivity index (χ4n) is 2.27. The van der Waals surface area contributed by atoms with Crippen molar-refractivity contribution >= 4 is 11.8 Å². The fraction of sp³-hybridized carbons (Fsp3) is 0.300. The number of benzene rings is 2. The SMILES string of the molecule is CCc1ccc(C(=O)NNC(=O)CCOc2cc(C)ccc2C)cc1. The van der Waals surface area contributed by atoms with E-state index in [2.05, 4.69) is 17.8 Å². The first-order valence-electron chi connectivity index (χ1n) is 8.37. The minimum atomic E-state index is -0.341. The van der Waals surface area contributed by atoms with Crippen LogP contribution in [-0.4, -0.2) is 18.4 Å². The van der Waals surface area contributed by atoms with Gasteiger partial charge in [0.15, 0.2) is 0 Å². The number of rotatable bonds is 6. The first kappa shape index (κ1) is 18.5. The smallest absolute Gasteiger partial charge is 0.269 e. The molecule has 0 heterocycles. The first-order valence-corrected chi connectivity index (χ1v) is 8.37. The Bertz CT molecular complexity index is 739. The lowest BCUT2D eigenvalue weighted by Gasteiger charge is -2.11. The zero-order valence-corrected chi connectivity index (χ0v) is 14.9. The molecule has 2 aromatic carbocycles. The lowest BCUT2D eigenvalue weighted by molar-refractivity contribution is -0.122. The van der Waals surface area contributed by atoms with Gasteiger partial charge in [0.05, 0.1) is 13.0 Å². The minimum Gasteiger partial charge on any atom is -0.493 e. The van der Waals surface area contributed by atoms with E-state index in [0.29, 0.717) is 5.56 Å². The molecule has 0 fully saturated rings. The van der Waals surface area contributed by atoms with Crippen molar-refractivity contribution in [1.29, 1.82) is 0 Å². The van der Waals surface area contributed by atoms with Gasteiger partial charge in [-0.15, -0.1) is 0 Å². The Morgan fingerprint density at radius 2 is 1.72 bits per heavy atom. The number of nitrogens with one attached hydrogen (secondary N) is 2. The standard InChI is InChI=1S/C20H24N2O3/c1-4-16-7-9-17(10-8-16)20(24)22-21-19(23)11-12-25-18-13-14(2)5-6-15(18)3/h5-10,13H,4,11-12H2,1-3H3,(H,21,23)(H,22,24). The molecule has 0 atom stereocenters. The Hall–Kier alpha value is -2.82. The molecule has 0 aliphatic heterocycles. The molecule has 0 aliphatic rings. The Labute approximate surface area is 148 Å². The molecule has 5 nitrogen and oxygen atoms in total. The number of aryl methyl sites for hydroxylation is 3. The third kappa shape index (κ3) is 5.64. The summed E-state index contributed by atoms with van der Waals surface area (Å²) in [4.78, 5) is 23.8. The topological polar surface area (TPSA) is 67.4 Å². The third-order valence-corrected chi connectivity index (χ3v) is 3.87. The van der Waals surface area contributed by atoms with Gasteiger partial charge in [-0.3, -0.25) is 20.4 Å². The Morgan fingerprint density at radius 3 is 2.40 bits per heavy atom. The number of amides is 2. The molecule has 0 aromatic heterocycles. The van der Waals surface area contributed by atoms with E-state index >= 15 is 0 Å². The number of hydrogen-bond donors (Lipinski definition) is 2. The highest BCUT2D eigenvalue weighted by Crippen LogP contribution is 2.19. The van der Waals surface area contributed by atoms with Gasteiger partial charge in [-0.05, 0) is 55.2 Å². The van der Waals surface area contributed by atoms with Crippen molar-refractivity contribution in [3.8, 4) is 5.75 Å². The summed E-state index contributed by atoms with van der Waals surface area (Å²) in [5.74, 6) is 0.128. The number of ether oxygens (including phenoxy) is 1. The van der Waals surface area contributed by atoms with Crippen molar-refractivity contribution < 1.29 is 14.3 Å². The van der Waals surface area contributed by atoms with Crippen LogP contribution >= 0.6 is 0 Å². The van der Waals surface area contributed by atoms with Gasteiger partial charge in [-0.2, -0.15) is 0 Å². The van der Waals surface area contributed by atoms with E-state index in [-0.39, 0.29) is 24.8 Å². The van der Waals surface area contributed by atoms with Crippen molar-refractivity contribution in [2.24, 2.45) is 0 Å². The highest BCUT2D eigenvalue weighted by Gasteiger charge is 2.08. The predicted molar refractivity (Wildman–Crippen MR) is 97.5 cm³/mol. The first-order chi connectivity index (χ1) is 12.0. The molecule has 2 aromatic rings. The second-order valence-electron chi connectivity index (χ2n) is 5.92. The summed E-state index contributed by atoms with van der Waals surface area (Å²) in [5, 5.41) is 0. The van der Waals surface area contributed by atoms with Crippen LogP contribution in [0.5, 0.6) is 5.75 Å². The summed E-state index contributed by atoms with van der Waals surface area (Å²) < 4.78 is 5.63. The largest absolute Gasteiger partial charge is 0.493 e. The zero-order valence-electron chi connectivity index (χ0n) is 14.9. The second-order valence-corrected chi connectivity index (χ2v) is 5.92. The van der Waals surface area contributed by atoms with Gasteiger partial charge in [0, 0.05) is 5.56 Å². The van der Waals surface area contributed by atoms with Crippen LogP contribution in [0.3, 0.4) is 0 Å². The summed E-state index contributed by atoms with van der Waals surface area (Å²) >= 11 is 0. The van der Waals surface area contributed by atoms with Gasteiger partial charge < -0.3 is 4.74 Å². The van der Waals surface area contributed by atoms with Gasteiger partial charge in [-0.25, -0.2) is 0 Å². The quantitative estimate of drug-likeness (QED) is 0.794. The van der Waals surface area contributed by atoms with Crippen LogP contribution < -0.4 is 15.6 Å². The van der Waals surface area contributed by atoms with Crippen LogP contribution in [-0.2, 0) is 11.2 Å². The van der Waals surface area contributed by atoms with Crippen molar-refractivity contribution in [3.05, 3.63) is 64.7 Å². The molecule has 5 heteroatoms. The molecule has 2 amide bonds. The molecular weight excluding hydrogens is 316 g/mol. The molecule has 2 rings (SSSR count). The predicted octanol–water partition coefficient (Wildman–Crippen LogP) is 3.10. The van der Waals surface area contributed by atoms with E-state index in [9.17, 15) is 9.59 Å². The van der Waals surface area contributed by atoms with E-state index < -0.39 is 0 Å². The summed E-state index contributed by atoms with van der Waals surface area (Å²) in [6, 6.07) is 13.2. The normalized spacial score (nSPS) is 10.2.